The van der Waals surface area contributed by atoms with Crippen LogP contribution in [0, 0.1) is 0 Å². The van der Waals surface area contributed by atoms with E-state index in [1.54, 1.807) is 17.2 Å². The molecular weight excluding hydrogens is 310 g/mol. The molecule has 132 valence electrons. The summed E-state index contributed by atoms with van der Waals surface area (Å²) in [6, 6.07) is -0.233. The second-order valence-corrected chi connectivity index (χ2v) is 5.65. The zero-order valence-corrected chi connectivity index (χ0v) is 14.0. The van der Waals surface area contributed by atoms with Gasteiger partial charge in [0.15, 0.2) is 0 Å². The fraction of sp³-hybridized carbons (Fsp3) is 0.562. The lowest BCUT2D eigenvalue weighted by atomic mass is 10.1. The largest absolute Gasteiger partial charge is 0.378 e. The van der Waals surface area contributed by atoms with Gasteiger partial charge in [0.05, 0.1) is 25.1 Å². The first-order chi connectivity index (χ1) is 11.6. The van der Waals surface area contributed by atoms with Gasteiger partial charge in [-0.15, -0.1) is 6.58 Å². The van der Waals surface area contributed by atoms with E-state index in [1.807, 2.05) is 6.92 Å². The second-order valence-electron chi connectivity index (χ2n) is 5.65. The number of carbonyl (C=O) groups is 2. The van der Waals surface area contributed by atoms with E-state index >= 15 is 0 Å². The lowest BCUT2D eigenvalue weighted by Gasteiger charge is -2.26. The summed E-state index contributed by atoms with van der Waals surface area (Å²) in [5.41, 5.74) is 0.552. The van der Waals surface area contributed by atoms with Crippen LogP contribution in [0.2, 0.25) is 0 Å². The van der Waals surface area contributed by atoms with Gasteiger partial charge in [-0.25, -0.2) is 4.79 Å². The number of aromatic nitrogens is 2. The number of hydrogen-bond acceptors (Lipinski definition) is 4. The zero-order chi connectivity index (χ0) is 17.4. The van der Waals surface area contributed by atoms with E-state index in [1.165, 1.54) is 10.9 Å². The predicted molar refractivity (Wildman–Crippen MR) is 90.7 cm³/mol. The van der Waals surface area contributed by atoms with Gasteiger partial charge in [0, 0.05) is 25.3 Å². The summed E-state index contributed by atoms with van der Waals surface area (Å²) < 4.78 is 6.75. The highest BCUT2D eigenvalue weighted by Gasteiger charge is 2.17. The fourth-order valence-electron chi connectivity index (χ4n) is 2.45. The number of morpholine rings is 1. The highest BCUT2D eigenvalue weighted by molar-refractivity contribution is 5.89. The SMILES string of the molecule is C=CCC(CC)NC(=O)Nc1cnn(CC(=O)N2CCOCC2)c1. The Morgan fingerprint density at radius 2 is 2.21 bits per heavy atom. The van der Waals surface area contributed by atoms with Crippen molar-refractivity contribution in [1.82, 2.24) is 20.0 Å². The number of urea groups is 1. The molecule has 0 saturated carbocycles. The van der Waals surface area contributed by atoms with Gasteiger partial charge in [0.25, 0.3) is 0 Å². The molecule has 3 amide bonds. The van der Waals surface area contributed by atoms with Crippen molar-refractivity contribution in [2.75, 3.05) is 31.6 Å². The van der Waals surface area contributed by atoms with Crippen LogP contribution in [0.4, 0.5) is 10.5 Å². The Bertz CT molecular complexity index is 566. The average molecular weight is 335 g/mol. The monoisotopic (exact) mass is 335 g/mol. The van der Waals surface area contributed by atoms with E-state index in [0.29, 0.717) is 32.0 Å². The van der Waals surface area contributed by atoms with Crippen molar-refractivity contribution in [1.29, 1.82) is 0 Å². The molecule has 1 fully saturated rings. The molecule has 0 spiro atoms. The molecule has 24 heavy (non-hydrogen) atoms. The molecule has 0 aromatic carbocycles. The van der Waals surface area contributed by atoms with Gasteiger partial charge in [0.1, 0.15) is 6.54 Å². The number of rotatable bonds is 7. The van der Waals surface area contributed by atoms with Gasteiger partial charge in [-0.2, -0.15) is 5.10 Å². The molecule has 2 rings (SSSR count). The summed E-state index contributed by atoms with van der Waals surface area (Å²) in [4.78, 5) is 25.9. The van der Waals surface area contributed by atoms with Gasteiger partial charge < -0.3 is 20.3 Å². The van der Waals surface area contributed by atoms with Crippen LogP contribution in [0.3, 0.4) is 0 Å². The minimum absolute atomic E-state index is 0.00516. The van der Waals surface area contributed by atoms with Crippen molar-refractivity contribution < 1.29 is 14.3 Å². The third-order valence-electron chi connectivity index (χ3n) is 3.83. The van der Waals surface area contributed by atoms with Crippen LogP contribution in [-0.4, -0.2) is 59.0 Å². The van der Waals surface area contributed by atoms with Gasteiger partial charge in [-0.05, 0) is 12.8 Å². The van der Waals surface area contributed by atoms with Crippen molar-refractivity contribution in [2.24, 2.45) is 0 Å². The van der Waals surface area contributed by atoms with Gasteiger partial charge >= 0.3 is 6.03 Å². The number of hydrogen-bond donors (Lipinski definition) is 2. The van der Waals surface area contributed by atoms with Crippen molar-refractivity contribution in [3.8, 4) is 0 Å². The average Bonchev–Trinajstić information content (AvgIpc) is 3.01. The third kappa shape index (κ3) is 5.38. The van der Waals surface area contributed by atoms with E-state index in [0.717, 1.165) is 12.8 Å². The molecule has 1 unspecified atom stereocenters. The molecule has 8 heteroatoms. The minimum Gasteiger partial charge on any atom is -0.378 e. The van der Waals surface area contributed by atoms with Crippen molar-refractivity contribution >= 4 is 17.6 Å². The van der Waals surface area contributed by atoms with Gasteiger partial charge in [-0.1, -0.05) is 13.0 Å². The maximum Gasteiger partial charge on any atom is 0.319 e. The van der Waals surface area contributed by atoms with Crippen LogP contribution in [-0.2, 0) is 16.1 Å². The summed E-state index contributed by atoms with van der Waals surface area (Å²) in [6.45, 7) is 8.19. The van der Waals surface area contributed by atoms with Crippen LogP contribution >= 0.6 is 0 Å². The molecule has 0 aliphatic carbocycles. The molecule has 1 saturated heterocycles. The molecule has 0 bridgehead atoms. The van der Waals surface area contributed by atoms with E-state index in [9.17, 15) is 9.59 Å². The predicted octanol–water partition coefficient (Wildman–Crippen LogP) is 1.22. The highest BCUT2D eigenvalue weighted by Crippen LogP contribution is 2.07. The van der Waals surface area contributed by atoms with Crippen LogP contribution in [0.25, 0.3) is 0 Å². The Morgan fingerprint density at radius 1 is 1.46 bits per heavy atom. The number of carbonyl (C=O) groups excluding carboxylic acids is 2. The van der Waals surface area contributed by atoms with Crippen molar-refractivity contribution in [3.05, 3.63) is 25.0 Å². The summed E-state index contributed by atoms with van der Waals surface area (Å²) in [6.07, 6.45) is 6.50. The molecule has 0 radical (unpaired) electrons. The molecule has 1 aliphatic rings. The highest BCUT2D eigenvalue weighted by atomic mass is 16.5. The molecule has 1 aromatic heterocycles. The minimum atomic E-state index is -0.289. The van der Waals surface area contributed by atoms with E-state index in [4.69, 9.17) is 4.74 Å². The molecule has 2 N–H and O–H groups in total. The summed E-state index contributed by atoms with van der Waals surface area (Å²) in [5.74, 6) is -0.00516. The quantitative estimate of drug-likeness (QED) is 0.733. The van der Waals surface area contributed by atoms with Crippen LogP contribution in [0.5, 0.6) is 0 Å². The first-order valence-corrected chi connectivity index (χ1v) is 8.18. The summed E-state index contributed by atoms with van der Waals surface area (Å²) in [7, 11) is 0. The zero-order valence-electron chi connectivity index (χ0n) is 14.0. The molecule has 1 aromatic rings. The first-order valence-electron chi connectivity index (χ1n) is 8.18. The summed E-state index contributed by atoms with van der Waals surface area (Å²) in [5, 5.41) is 9.72. The second kappa shape index (κ2) is 9.07. The smallest absolute Gasteiger partial charge is 0.319 e. The fourth-order valence-corrected chi connectivity index (χ4v) is 2.45. The topological polar surface area (TPSA) is 88.5 Å². The third-order valence-corrected chi connectivity index (χ3v) is 3.83. The summed E-state index contributed by atoms with van der Waals surface area (Å²) >= 11 is 0. The number of nitrogens with one attached hydrogen (secondary N) is 2. The van der Waals surface area contributed by atoms with Gasteiger partial charge in [-0.3, -0.25) is 9.48 Å². The Hall–Kier alpha value is -2.35. The van der Waals surface area contributed by atoms with Crippen LogP contribution in [0.1, 0.15) is 19.8 Å². The number of amides is 3. The Kier molecular flexibility index (Phi) is 6.80. The maximum absolute atomic E-state index is 12.2. The Morgan fingerprint density at radius 3 is 2.88 bits per heavy atom. The van der Waals surface area contributed by atoms with E-state index < -0.39 is 0 Å². The standard InChI is InChI=1S/C16H25N5O3/c1-3-5-13(4-2)18-16(23)19-14-10-17-21(11-14)12-15(22)20-6-8-24-9-7-20/h3,10-11,13H,1,4-9,12H2,2H3,(H2,18,19,23). The van der Waals surface area contributed by atoms with Crippen molar-refractivity contribution in [2.45, 2.75) is 32.4 Å². The van der Waals surface area contributed by atoms with E-state index in [2.05, 4.69) is 22.3 Å². The van der Waals surface area contributed by atoms with Crippen LogP contribution in [0.15, 0.2) is 25.0 Å². The van der Waals surface area contributed by atoms with Crippen LogP contribution < -0.4 is 10.6 Å². The Labute approximate surface area is 141 Å². The lowest BCUT2D eigenvalue weighted by Crippen LogP contribution is -2.42. The molecule has 1 atom stereocenters. The maximum atomic E-state index is 12.2. The number of nitrogens with zero attached hydrogens (tertiary/aromatic N) is 3. The van der Waals surface area contributed by atoms with Gasteiger partial charge in [0.2, 0.25) is 5.91 Å². The number of anilines is 1. The molecule has 2 heterocycles. The van der Waals surface area contributed by atoms with Crippen molar-refractivity contribution in [3.63, 3.8) is 0 Å². The number of ether oxygens (including phenoxy) is 1. The molecule has 1 aliphatic heterocycles. The molecular formula is C16H25N5O3. The lowest BCUT2D eigenvalue weighted by molar-refractivity contribution is -0.136. The molecule has 8 nitrogen and oxygen atoms in total. The normalized spacial score (nSPS) is 15.6. The Balaban J connectivity index is 1.82. The first kappa shape index (κ1) is 18.0. The van der Waals surface area contributed by atoms with E-state index in [-0.39, 0.29) is 24.5 Å².